The fraction of sp³-hybridized carbons (Fsp3) is 0.333. The molecule has 4 nitrogen and oxygen atoms in total. The highest BCUT2D eigenvalue weighted by molar-refractivity contribution is 6.12. The number of benzene rings is 2. The number of hydrogen-bond acceptors (Lipinski definition) is 4. The number of rotatable bonds is 2. The number of cyclic esters (lactones) is 1. The second kappa shape index (κ2) is 6.93. The summed E-state index contributed by atoms with van der Waals surface area (Å²) in [6.45, 7) is 12.3. The first-order chi connectivity index (χ1) is 13.0. The molecular formula is C24H27NO3. The quantitative estimate of drug-likeness (QED) is 0.568. The van der Waals surface area contributed by atoms with E-state index in [9.17, 15) is 9.90 Å². The van der Waals surface area contributed by atoms with E-state index in [0.29, 0.717) is 11.6 Å². The standard InChI is InChI=1S/C24H27NO3/c1-23(2,3)17-12-15(13-18(20(17)26)24(4,5)6)14-19-22(27)28-21(25-19)16-10-8-7-9-11-16/h7-14,26H,1-6H3. The molecule has 2 aromatic carbocycles. The van der Waals surface area contributed by atoms with Crippen LogP contribution in [0.15, 0.2) is 53.2 Å². The monoisotopic (exact) mass is 377 g/mol. The van der Waals surface area contributed by atoms with Gasteiger partial charge in [0.15, 0.2) is 5.70 Å². The van der Waals surface area contributed by atoms with Gasteiger partial charge < -0.3 is 9.84 Å². The fourth-order valence-corrected chi connectivity index (χ4v) is 3.15. The maximum atomic E-state index is 12.3. The third-order valence-electron chi connectivity index (χ3n) is 4.69. The summed E-state index contributed by atoms with van der Waals surface area (Å²) >= 11 is 0. The molecule has 0 bridgehead atoms. The van der Waals surface area contributed by atoms with Crippen LogP contribution in [0.1, 0.15) is 63.8 Å². The molecule has 0 saturated heterocycles. The van der Waals surface area contributed by atoms with Crippen molar-refractivity contribution in [2.75, 3.05) is 0 Å². The summed E-state index contributed by atoms with van der Waals surface area (Å²) in [4.78, 5) is 16.7. The van der Waals surface area contributed by atoms with Gasteiger partial charge in [0.05, 0.1) is 0 Å². The number of nitrogens with zero attached hydrogens (tertiary/aromatic N) is 1. The Morgan fingerprint density at radius 2 is 1.46 bits per heavy atom. The third kappa shape index (κ3) is 4.01. The summed E-state index contributed by atoms with van der Waals surface area (Å²) in [6, 6.07) is 13.2. The van der Waals surface area contributed by atoms with Crippen LogP contribution in [0.25, 0.3) is 6.08 Å². The Morgan fingerprint density at radius 3 is 1.96 bits per heavy atom. The van der Waals surface area contributed by atoms with Gasteiger partial charge in [-0.2, -0.15) is 0 Å². The summed E-state index contributed by atoms with van der Waals surface area (Å²) in [6.07, 6.45) is 1.72. The zero-order chi connectivity index (χ0) is 20.7. The van der Waals surface area contributed by atoms with Gasteiger partial charge >= 0.3 is 5.97 Å². The van der Waals surface area contributed by atoms with Crippen molar-refractivity contribution in [3.8, 4) is 5.75 Å². The first-order valence-corrected chi connectivity index (χ1v) is 9.43. The van der Waals surface area contributed by atoms with Crippen molar-refractivity contribution >= 4 is 17.9 Å². The molecule has 146 valence electrons. The van der Waals surface area contributed by atoms with Crippen LogP contribution >= 0.6 is 0 Å². The predicted octanol–water partition coefficient (Wildman–Crippen LogP) is 5.33. The first-order valence-electron chi connectivity index (χ1n) is 9.43. The third-order valence-corrected chi connectivity index (χ3v) is 4.69. The highest BCUT2D eigenvalue weighted by atomic mass is 16.6. The maximum Gasteiger partial charge on any atom is 0.363 e. The van der Waals surface area contributed by atoms with Crippen molar-refractivity contribution in [1.29, 1.82) is 0 Å². The summed E-state index contributed by atoms with van der Waals surface area (Å²) in [5.41, 5.74) is 3.02. The Kier molecular flexibility index (Phi) is 4.92. The van der Waals surface area contributed by atoms with Gasteiger partial charge in [-0.05, 0) is 46.7 Å². The van der Waals surface area contributed by atoms with Crippen molar-refractivity contribution < 1.29 is 14.6 Å². The van der Waals surface area contributed by atoms with Gasteiger partial charge in [-0.25, -0.2) is 9.79 Å². The van der Waals surface area contributed by atoms with Gasteiger partial charge in [-0.3, -0.25) is 0 Å². The minimum Gasteiger partial charge on any atom is -0.507 e. The molecule has 1 heterocycles. The average molecular weight is 377 g/mol. The molecule has 0 fully saturated rings. The largest absolute Gasteiger partial charge is 0.507 e. The SMILES string of the molecule is CC(C)(C)c1cc(C=C2N=C(c3ccccc3)OC2=O)cc(C(C)(C)C)c1O. The topological polar surface area (TPSA) is 58.9 Å². The van der Waals surface area contributed by atoms with Gasteiger partial charge in [0.1, 0.15) is 5.75 Å². The smallest absolute Gasteiger partial charge is 0.363 e. The molecule has 28 heavy (non-hydrogen) atoms. The second-order valence-corrected chi connectivity index (χ2v) is 9.17. The molecular weight excluding hydrogens is 350 g/mol. The molecule has 0 aliphatic carbocycles. The second-order valence-electron chi connectivity index (χ2n) is 9.17. The maximum absolute atomic E-state index is 12.3. The minimum atomic E-state index is -0.471. The highest BCUT2D eigenvalue weighted by Gasteiger charge is 2.28. The van der Waals surface area contributed by atoms with Crippen LogP contribution in [0.5, 0.6) is 5.75 Å². The number of phenolic OH excluding ortho intramolecular Hbond substituents is 1. The molecule has 0 radical (unpaired) electrons. The van der Waals surface area contributed by atoms with E-state index in [1.54, 1.807) is 6.08 Å². The predicted molar refractivity (Wildman–Crippen MR) is 113 cm³/mol. The molecule has 3 rings (SSSR count). The molecule has 1 aliphatic rings. The molecule has 0 saturated carbocycles. The number of aliphatic imine (C=N–C) groups is 1. The summed E-state index contributed by atoms with van der Waals surface area (Å²) in [5.74, 6) is 0.147. The zero-order valence-electron chi connectivity index (χ0n) is 17.3. The Morgan fingerprint density at radius 1 is 0.929 bits per heavy atom. The number of hydrogen-bond donors (Lipinski definition) is 1. The Balaban J connectivity index is 2.11. The lowest BCUT2D eigenvalue weighted by Crippen LogP contribution is -2.17. The van der Waals surface area contributed by atoms with E-state index in [1.165, 1.54) is 0 Å². The molecule has 0 aromatic heterocycles. The molecule has 4 heteroatoms. The van der Waals surface area contributed by atoms with Crippen LogP contribution in [-0.2, 0) is 20.4 Å². The zero-order valence-corrected chi connectivity index (χ0v) is 17.3. The fourth-order valence-electron chi connectivity index (χ4n) is 3.15. The average Bonchev–Trinajstić information content (AvgIpc) is 2.96. The van der Waals surface area contributed by atoms with E-state index in [-0.39, 0.29) is 16.5 Å². The van der Waals surface area contributed by atoms with Crippen molar-refractivity contribution in [2.45, 2.75) is 52.4 Å². The van der Waals surface area contributed by atoms with Crippen molar-refractivity contribution in [3.63, 3.8) is 0 Å². The number of carbonyl (C=O) groups is 1. The number of ether oxygens (including phenoxy) is 1. The number of phenols is 1. The van der Waals surface area contributed by atoms with Gasteiger partial charge in [-0.1, -0.05) is 59.7 Å². The molecule has 0 spiro atoms. The van der Waals surface area contributed by atoms with Crippen molar-refractivity contribution in [2.24, 2.45) is 4.99 Å². The lowest BCUT2D eigenvalue weighted by atomic mass is 9.78. The van der Waals surface area contributed by atoms with Gasteiger partial charge in [-0.15, -0.1) is 0 Å². The lowest BCUT2D eigenvalue weighted by molar-refractivity contribution is -0.129. The molecule has 0 amide bonds. The number of aromatic hydroxyl groups is 1. The van der Waals surface area contributed by atoms with Gasteiger partial charge in [0.2, 0.25) is 5.90 Å². The van der Waals surface area contributed by atoms with Crippen LogP contribution in [-0.4, -0.2) is 17.0 Å². The van der Waals surface area contributed by atoms with E-state index in [2.05, 4.69) is 46.5 Å². The number of carbonyl (C=O) groups excluding carboxylic acids is 1. The van der Waals surface area contributed by atoms with E-state index in [0.717, 1.165) is 22.3 Å². The van der Waals surface area contributed by atoms with Crippen molar-refractivity contribution in [3.05, 3.63) is 70.4 Å². The molecule has 2 aromatic rings. The van der Waals surface area contributed by atoms with Gasteiger partial charge in [0, 0.05) is 16.7 Å². The van der Waals surface area contributed by atoms with E-state index in [4.69, 9.17) is 4.74 Å². The molecule has 0 unspecified atom stereocenters. The molecule has 0 atom stereocenters. The van der Waals surface area contributed by atoms with Crippen molar-refractivity contribution in [1.82, 2.24) is 0 Å². The number of esters is 1. The Labute approximate surface area is 166 Å². The summed E-state index contributed by atoms with van der Waals surface area (Å²) in [7, 11) is 0. The van der Waals surface area contributed by atoms with Crippen LogP contribution in [0.3, 0.4) is 0 Å². The Hall–Kier alpha value is -2.88. The van der Waals surface area contributed by atoms with Crippen LogP contribution in [0, 0.1) is 0 Å². The molecule has 1 aliphatic heterocycles. The first kappa shape index (κ1) is 19.9. The van der Waals surface area contributed by atoms with Crippen LogP contribution in [0.2, 0.25) is 0 Å². The van der Waals surface area contributed by atoms with E-state index < -0.39 is 5.97 Å². The summed E-state index contributed by atoms with van der Waals surface area (Å²) in [5, 5.41) is 10.8. The Bertz CT molecular complexity index is 936. The highest BCUT2D eigenvalue weighted by Crippen LogP contribution is 2.40. The molecule has 1 N–H and O–H groups in total. The minimum absolute atomic E-state index is 0.243. The van der Waals surface area contributed by atoms with Gasteiger partial charge in [0.25, 0.3) is 0 Å². The van der Waals surface area contributed by atoms with Crippen LogP contribution < -0.4 is 0 Å². The van der Waals surface area contributed by atoms with Crippen LogP contribution in [0.4, 0.5) is 0 Å². The van der Waals surface area contributed by atoms with E-state index >= 15 is 0 Å². The van der Waals surface area contributed by atoms with E-state index in [1.807, 2.05) is 42.5 Å². The summed E-state index contributed by atoms with van der Waals surface area (Å²) < 4.78 is 5.34. The lowest BCUT2D eigenvalue weighted by Gasteiger charge is -2.27. The normalized spacial score (nSPS) is 16.3.